The largest absolute Gasteiger partial charge is 0.469 e. The Bertz CT molecular complexity index is 1510. The zero-order valence-electron chi connectivity index (χ0n) is 22.6. The van der Waals surface area contributed by atoms with Crippen LogP contribution in [0.4, 0.5) is 0 Å². The van der Waals surface area contributed by atoms with E-state index in [0.717, 1.165) is 27.8 Å². The molecule has 2 unspecified atom stereocenters. The van der Waals surface area contributed by atoms with Gasteiger partial charge in [0.05, 0.1) is 19.1 Å². The van der Waals surface area contributed by atoms with Crippen LogP contribution >= 0.6 is 0 Å². The van der Waals surface area contributed by atoms with Crippen molar-refractivity contribution in [2.45, 2.75) is 19.4 Å². The van der Waals surface area contributed by atoms with Gasteiger partial charge in [0.25, 0.3) is 5.91 Å². The van der Waals surface area contributed by atoms with Gasteiger partial charge in [-0.05, 0) is 59.4 Å². The third-order valence-electron chi connectivity index (χ3n) is 6.83. The van der Waals surface area contributed by atoms with E-state index in [2.05, 4.69) is 24.4 Å². The molecular formula is C34H33N3O3. The molecule has 0 aliphatic rings. The first kappa shape index (κ1) is 28.0. The van der Waals surface area contributed by atoms with E-state index < -0.39 is 17.9 Å². The second kappa shape index (κ2) is 13.2. The van der Waals surface area contributed by atoms with Crippen LogP contribution in [-0.4, -0.2) is 30.9 Å². The molecule has 0 spiro atoms. The summed E-state index contributed by atoms with van der Waals surface area (Å²) in [7, 11) is 1.34. The first-order valence-corrected chi connectivity index (χ1v) is 13.1. The molecule has 2 atom stereocenters. The number of nitrogen functional groups attached to an aromatic ring is 1. The molecule has 202 valence electrons. The number of hydrogen-bond donors (Lipinski definition) is 3. The number of nitrogens with one attached hydrogen (secondary N) is 2. The molecule has 40 heavy (non-hydrogen) atoms. The molecule has 1 amide bonds. The molecule has 4 aromatic rings. The Labute approximate surface area is 235 Å². The van der Waals surface area contributed by atoms with Gasteiger partial charge >= 0.3 is 5.97 Å². The minimum atomic E-state index is -0.720. The van der Waals surface area contributed by atoms with Crippen molar-refractivity contribution in [3.05, 3.63) is 137 Å². The Hall–Kier alpha value is -4.97. The molecule has 0 aromatic heterocycles. The van der Waals surface area contributed by atoms with Crippen molar-refractivity contribution in [2.75, 3.05) is 7.11 Å². The minimum absolute atomic E-state index is 0.0561. The number of amidine groups is 1. The number of nitrogens with two attached hydrogens (primary N) is 1. The summed E-state index contributed by atoms with van der Waals surface area (Å²) < 4.78 is 5.17. The summed E-state index contributed by atoms with van der Waals surface area (Å²) in [5, 5.41) is 10.8. The zero-order valence-corrected chi connectivity index (χ0v) is 22.6. The zero-order chi connectivity index (χ0) is 28.5. The molecule has 4 N–H and O–H groups in total. The van der Waals surface area contributed by atoms with Gasteiger partial charge in [0.1, 0.15) is 5.84 Å². The average Bonchev–Trinajstić information content (AvgIpc) is 2.98. The lowest BCUT2D eigenvalue weighted by Crippen LogP contribution is -2.43. The fourth-order valence-corrected chi connectivity index (χ4v) is 4.62. The highest BCUT2D eigenvalue weighted by Crippen LogP contribution is 2.24. The maximum Gasteiger partial charge on any atom is 0.311 e. The highest BCUT2D eigenvalue weighted by atomic mass is 16.5. The van der Waals surface area contributed by atoms with E-state index in [1.54, 1.807) is 30.3 Å². The lowest BCUT2D eigenvalue weighted by atomic mass is 9.90. The Morgan fingerprint density at radius 3 is 2.27 bits per heavy atom. The molecule has 0 saturated carbocycles. The van der Waals surface area contributed by atoms with Gasteiger partial charge in [0.15, 0.2) is 0 Å². The van der Waals surface area contributed by atoms with Crippen LogP contribution in [0, 0.1) is 18.3 Å². The van der Waals surface area contributed by atoms with Crippen molar-refractivity contribution in [1.29, 1.82) is 5.41 Å². The molecule has 4 rings (SSSR count). The molecule has 4 aromatic carbocycles. The first-order chi connectivity index (χ1) is 19.4. The van der Waals surface area contributed by atoms with Crippen LogP contribution < -0.4 is 11.1 Å². The van der Waals surface area contributed by atoms with Crippen LogP contribution in [-0.2, 0) is 16.0 Å². The summed E-state index contributed by atoms with van der Waals surface area (Å²) in [4.78, 5) is 26.5. The molecule has 0 aliphatic carbocycles. The van der Waals surface area contributed by atoms with Crippen molar-refractivity contribution in [1.82, 2.24) is 5.32 Å². The molecule has 0 aliphatic heterocycles. The van der Waals surface area contributed by atoms with Gasteiger partial charge < -0.3 is 15.8 Å². The Balaban J connectivity index is 1.63. The van der Waals surface area contributed by atoms with Crippen LogP contribution in [0.15, 0.2) is 109 Å². The van der Waals surface area contributed by atoms with E-state index in [9.17, 15) is 9.59 Å². The van der Waals surface area contributed by atoms with Crippen LogP contribution in [0.25, 0.3) is 17.2 Å². The molecule has 0 fully saturated rings. The van der Waals surface area contributed by atoms with Crippen molar-refractivity contribution < 1.29 is 14.3 Å². The minimum Gasteiger partial charge on any atom is -0.469 e. The molecule has 0 saturated heterocycles. The number of carbonyl (C=O) groups excluding carboxylic acids is 2. The Morgan fingerprint density at radius 1 is 0.900 bits per heavy atom. The number of hydrogen-bond acceptors (Lipinski definition) is 4. The fraction of sp³-hybridized carbons (Fsp3) is 0.147. The van der Waals surface area contributed by atoms with Crippen LogP contribution in [0.3, 0.4) is 0 Å². The predicted molar refractivity (Wildman–Crippen MR) is 160 cm³/mol. The number of carbonyl (C=O) groups is 2. The van der Waals surface area contributed by atoms with Crippen LogP contribution in [0.5, 0.6) is 0 Å². The Morgan fingerprint density at radius 2 is 1.60 bits per heavy atom. The van der Waals surface area contributed by atoms with Crippen LogP contribution in [0.1, 0.15) is 32.6 Å². The van der Waals surface area contributed by atoms with Gasteiger partial charge in [-0.25, -0.2) is 0 Å². The molecule has 0 heterocycles. The summed E-state index contributed by atoms with van der Waals surface area (Å²) in [5.41, 5.74) is 11.8. The highest BCUT2D eigenvalue weighted by molar-refractivity contribution is 5.96. The molecule has 0 radical (unpaired) electrons. The summed E-state index contributed by atoms with van der Waals surface area (Å²) in [6.07, 6.45) is 3.99. The number of ether oxygens (including phenoxy) is 1. The number of aryl methyl sites for hydroxylation is 1. The summed E-state index contributed by atoms with van der Waals surface area (Å²) in [5.74, 6) is -1.53. The standard InChI is InChI=1S/C34H33N3O3/c1-23-9-6-7-14-29(23)26-16-18-27(19-17-26)33(38)37-31(20-15-24-10-4-3-5-11-24)30(34(39)40-2)22-25-12-8-13-28(21-25)32(35)36/h3-21,30-31H,22H2,1-2H3,(H3,35,36)(H,37,38). The fourth-order valence-electron chi connectivity index (χ4n) is 4.62. The van der Waals surface area contributed by atoms with Gasteiger partial charge in [0.2, 0.25) is 0 Å². The van der Waals surface area contributed by atoms with E-state index >= 15 is 0 Å². The van der Waals surface area contributed by atoms with Gasteiger partial charge in [0, 0.05) is 11.1 Å². The third kappa shape index (κ3) is 7.11. The van der Waals surface area contributed by atoms with E-state index in [4.69, 9.17) is 15.9 Å². The van der Waals surface area contributed by atoms with Gasteiger partial charge in [-0.15, -0.1) is 0 Å². The lowest BCUT2D eigenvalue weighted by molar-refractivity contribution is -0.145. The maximum absolute atomic E-state index is 13.5. The smallest absolute Gasteiger partial charge is 0.311 e. The quantitative estimate of drug-likeness (QED) is 0.137. The van der Waals surface area contributed by atoms with Crippen molar-refractivity contribution in [2.24, 2.45) is 11.7 Å². The molecule has 6 heteroatoms. The van der Waals surface area contributed by atoms with Crippen molar-refractivity contribution >= 4 is 23.8 Å². The monoisotopic (exact) mass is 531 g/mol. The predicted octanol–water partition coefficient (Wildman–Crippen LogP) is 5.79. The number of methoxy groups -OCH3 is 1. The lowest BCUT2D eigenvalue weighted by Gasteiger charge is -2.24. The number of esters is 1. The topological polar surface area (TPSA) is 105 Å². The summed E-state index contributed by atoms with van der Waals surface area (Å²) in [6.45, 7) is 2.05. The normalized spacial score (nSPS) is 12.4. The van der Waals surface area contributed by atoms with Gasteiger partial charge in [-0.2, -0.15) is 0 Å². The number of benzene rings is 4. The average molecular weight is 532 g/mol. The summed E-state index contributed by atoms with van der Waals surface area (Å²) >= 11 is 0. The van der Waals surface area contributed by atoms with E-state index in [-0.39, 0.29) is 18.2 Å². The first-order valence-electron chi connectivity index (χ1n) is 13.1. The number of amides is 1. The van der Waals surface area contributed by atoms with Gasteiger partial charge in [-0.3, -0.25) is 15.0 Å². The van der Waals surface area contributed by atoms with E-state index in [0.29, 0.717) is 11.1 Å². The molecule has 0 bridgehead atoms. The number of rotatable bonds is 10. The highest BCUT2D eigenvalue weighted by Gasteiger charge is 2.30. The summed E-state index contributed by atoms with van der Waals surface area (Å²) in [6, 6.07) is 31.7. The Kier molecular flexibility index (Phi) is 9.26. The SMILES string of the molecule is COC(=O)C(Cc1cccc(C(=N)N)c1)C(C=Cc1ccccc1)NC(=O)c1ccc(-c2ccccc2C)cc1. The van der Waals surface area contributed by atoms with Crippen molar-refractivity contribution in [3.8, 4) is 11.1 Å². The molecule has 6 nitrogen and oxygen atoms in total. The third-order valence-corrected chi connectivity index (χ3v) is 6.83. The van der Waals surface area contributed by atoms with Crippen molar-refractivity contribution in [3.63, 3.8) is 0 Å². The molecular weight excluding hydrogens is 498 g/mol. The van der Waals surface area contributed by atoms with Crippen LogP contribution in [0.2, 0.25) is 0 Å². The van der Waals surface area contributed by atoms with E-state index in [1.165, 1.54) is 7.11 Å². The second-order valence-corrected chi connectivity index (χ2v) is 9.61. The van der Waals surface area contributed by atoms with E-state index in [1.807, 2.05) is 72.8 Å². The maximum atomic E-state index is 13.5. The second-order valence-electron chi connectivity index (χ2n) is 9.61. The van der Waals surface area contributed by atoms with Gasteiger partial charge in [-0.1, -0.05) is 97.1 Å².